The SMILES string of the molecule is CCc1cc(Cl)ccc1C(/C=C/C=C\C=NC)CCN(CCCCCc1cnc[nH]1)CCCCCc1cnc[nH]1. The summed E-state index contributed by atoms with van der Waals surface area (Å²) in [5.74, 6) is 0.346. The van der Waals surface area contributed by atoms with Gasteiger partial charge < -0.3 is 14.9 Å². The van der Waals surface area contributed by atoms with Gasteiger partial charge >= 0.3 is 0 Å². The predicted molar refractivity (Wildman–Crippen MR) is 170 cm³/mol. The highest BCUT2D eigenvalue weighted by Crippen LogP contribution is 2.28. The van der Waals surface area contributed by atoms with E-state index in [1.165, 1.54) is 61.0 Å². The zero-order valence-electron chi connectivity index (χ0n) is 24.4. The van der Waals surface area contributed by atoms with E-state index in [-0.39, 0.29) is 0 Å². The van der Waals surface area contributed by atoms with Crippen LogP contribution in [0, 0.1) is 0 Å². The predicted octanol–water partition coefficient (Wildman–Crippen LogP) is 7.76. The van der Waals surface area contributed by atoms with Gasteiger partial charge in [-0.05, 0) is 100 Å². The molecule has 0 aliphatic rings. The molecule has 1 aromatic carbocycles. The van der Waals surface area contributed by atoms with Crippen LogP contribution in [0.5, 0.6) is 0 Å². The third-order valence-electron chi connectivity index (χ3n) is 7.39. The Balaban J connectivity index is 1.59. The molecule has 0 saturated heterocycles. The van der Waals surface area contributed by atoms with E-state index in [1.807, 2.05) is 30.8 Å². The van der Waals surface area contributed by atoms with Crippen molar-refractivity contribution < 1.29 is 0 Å². The molecule has 0 amide bonds. The molecular formula is C33H47ClN6. The Hall–Kier alpha value is -2.96. The minimum Gasteiger partial charge on any atom is -0.348 e. The van der Waals surface area contributed by atoms with Gasteiger partial charge in [0, 0.05) is 48.0 Å². The Labute approximate surface area is 246 Å². The summed E-state index contributed by atoms with van der Waals surface area (Å²) in [7, 11) is 1.79. The molecule has 0 saturated carbocycles. The summed E-state index contributed by atoms with van der Waals surface area (Å²) in [6.07, 6.45) is 29.3. The number of halogens is 1. The molecule has 0 radical (unpaired) electrons. The Kier molecular flexibility index (Phi) is 15.1. The molecule has 2 aromatic heterocycles. The van der Waals surface area contributed by atoms with Crippen LogP contribution in [0.25, 0.3) is 0 Å². The smallest absolute Gasteiger partial charge is 0.0921 e. The number of nitrogens with one attached hydrogen (secondary N) is 2. The summed E-state index contributed by atoms with van der Waals surface area (Å²) in [6, 6.07) is 6.39. The molecule has 0 aliphatic heterocycles. The van der Waals surface area contributed by atoms with Crippen LogP contribution in [0.3, 0.4) is 0 Å². The summed E-state index contributed by atoms with van der Waals surface area (Å²) in [6.45, 7) is 5.59. The second-order valence-corrected chi connectivity index (χ2v) is 10.8. The van der Waals surface area contributed by atoms with Gasteiger partial charge in [0.25, 0.3) is 0 Å². The normalized spacial score (nSPS) is 13.0. The van der Waals surface area contributed by atoms with E-state index in [0.717, 1.165) is 50.3 Å². The standard InChI is InChI=1S/C33H47ClN6/c1-3-28-23-30(34)16-17-33(28)29(13-7-4-10-19-35-2)18-22-40(20-11-5-8-14-31-24-36-26-38-31)21-12-6-9-15-32-25-37-27-39-32/h4,7,10,13,16-17,19,23-27,29H,3,5-6,8-9,11-12,14-15,18,20-22H2,1-2H3,(H,36,38)(H,37,39)/b10-4-,13-7+,35-19?. The molecule has 0 aliphatic carbocycles. The summed E-state index contributed by atoms with van der Waals surface area (Å²) in [5, 5.41) is 0.814. The van der Waals surface area contributed by atoms with E-state index in [9.17, 15) is 0 Å². The quantitative estimate of drug-likeness (QED) is 0.0839. The van der Waals surface area contributed by atoms with Gasteiger partial charge in [0.2, 0.25) is 0 Å². The van der Waals surface area contributed by atoms with Gasteiger partial charge in [0.05, 0.1) is 12.7 Å². The Morgan fingerprint density at radius 2 is 1.55 bits per heavy atom. The number of allylic oxidation sites excluding steroid dienone is 4. The highest BCUT2D eigenvalue weighted by Gasteiger charge is 2.15. The molecule has 0 fully saturated rings. The number of hydrogen-bond donors (Lipinski definition) is 2. The fourth-order valence-corrected chi connectivity index (χ4v) is 5.35. The number of unbranched alkanes of at least 4 members (excludes halogenated alkanes) is 4. The van der Waals surface area contributed by atoms with Gasteiger partial charge in [-0.2, -0.15) is 0 Å². The summed E-state index contributed by atoms with van der Waals surface area (Å²) < 4.78 is 0. The molecule has 0 spiro atoms. The zero-order chi connectivity index (χ0) is 28.3. The number of aliphatic imine (C=N–C) groups is 1. The largest absolute Gasteiger partial charge is 0.348 e. The Morgan fingerprint density at radius 3 is 2.12 bits per heavy atom. The van der Waals surface area contributed by atoms with E-state index in [1.54, 1.807) is 19.7 Å². The van der Waals surface area contributed by atoms with Crippen LogP contribution >= 0.6 is 11.6 Å². The number of nitrogens with zero attached hydrogens (tertiary/aromatic N) is 4. The summed E-state index contributed by atoms with van der Waals surface area (Å²) in [5.41, 5.74) is 5.19. The molecule has 6 nitrogen and oxygen atoms in total. The van der Waals surface area contributed by atoms with Gasteiger partial charge in [-0.25, -0.2) is 9.97 Å². The van der Waals surface area contributed by atoms with Crippen LogP contribution in [0.15, 0.2) is 72.5 Å². The first-order valence-electron chi connectivity index (χ1n) is 14.9. The first kappa shape index (κ1) is 31.6. The maximum atomic E-state index is 6.36. The molecule has 3 aromatic rings. The van der Waals surface area contributed by atoms with Gasteiger partial charge in [0.1, 0.15) is 0 Å². The number of aromatic amines is 2. The third kappa shape index (κ3) is 12.1. The summed E-state index contributed by atoms with van der Waals surface area (Å²) in [4.78, 5) is 21.5. The van der Waals surface area contributed by atoms with E-state index in [0.29, 0.717) is 5.92 Å². The Morgan fingerprint density at radius 1 is 0.875 bits per heavy atom. The number of rotatable bonds is 20. The highest BCUT2D eigenvalue weighted by atomic mass is 35.5. The zero-order valence-corrected chi connectivity index (χ0v) is 25.1. The lowest BCUT2D eigenvalue weighted by atomic mass is 9.89. The molecule has 2 N–H and O–H groups in total. The number of H-pyrrole nitrogens is 2. The van der Waals surface area contributed by atoms with E-state index in [4.69, 9.17) is 11.6 Å². The van der Waals surface area contributed by atoms with Crippen LogP contribution in [-0.2, 0) is 19.3 Å². The fraction of sp³-hybridized carbons (Fsp3) is 0.485. The maximum absolute atomic E-state index is 6.36. The molecule has 3 rings (SSSR count). The second-order valence-electron chi connectivity index (χ2n) is 10.4. The molecule has 40 heavy (non-hydrogen) atoms. The monoisotopic (exact) mass is 562 g/mol. The fourth-order valence-electron chi connectivity index (χ4n) is 5.15. The van der Waals surface area contributed by atoms with Crippen molar-refractivity contribution in [1.82, 2.24) is 24.8 Å². The molecule has 7 heteroatoms. The highest BCUT2D eigenvalue weighted by molar-refractivity contribution is 6.30. The number of benzene rings is 1. The average Bonchev–Trinajstić information content (AvgIpc) is 3.68. The third-order valence-corrected chi connectivity index (χ3v) is 7.63. The molecule has 1 unspecified atom stereocenters. The number of aromatic nitrogens is 4. The number of imidazole rings is 2. The van der Waals surface area contributed by atoms with E-state index >= 15 is 0 Å². The number of aryl methyl sites for hydroxylation is 3. The minimum atomic E-state index is 0.346. The van der Waals surface area contributed by atoms with Crippen molar-refractivity contribution in [2.24, 2.45) is 4.99 Å². The van der Waals surface area contributed by atoms with Gasteiger partial charge in [-0.3, -0.25) is 4.99 Å². The van der Waals surface area contributed by atoms with Crippen molar-refractivity contribution >= 4 is 17.8 Å². The van der Waals surface area contributed by atoms with Gasteiger partial charge in [-0.1, -0.05) is 55.7 Å². The second kappa shape index (κ2) is 19.2. The average molecular weight is 563 g/mol. The van der Waals surface area contributed by atoms with Crippen LogP contribution in [0.1, 0.15) is 80.3 Å². The van der Waals surface area contributed by atoms with Gasteiger partial charge in [-0.15, -0.1) is 0 Å². The topological polar surface area (TPSA) is 73.0 Å². The lowest BCUT2D eigenvalue weighted by Crippen LogP contribution is -2.28. The van der Waals surface area contributed by atoms with E-state index < -0.39 is 0 Å². The molecule has 2 heterocycles. The van der Waals surface area contributed by atoms with Crippen molar-refractivity contribution in [2.75, 3.05) is 26.7 Å². The lowest BCUT2D eigenvalue weighted by molar-refractivity contribution is 0.254. The van der Waals surface area contributed by atoms with Crippen molar-refractivity contribution in [1.29, 1.82) is 0 Å². The maximum Gasteiger partial charge on any atom is 0.0921 e. The molecule has 1 atom stereocenters. The molecular weight excluding hydrogens is 516 g/mol. The van der Waals surface area contributed by atoms with Crippen molar-refractivity contribution in [2.45, 2.75) is 77.0 Å². The molecule has 216 valence electrons. The van der Waals surface area contributed by atoms with Gasteiger partial charge in [0.15, 0.2) is 0 Å². The van der Waals surface area contributed by atoms with Crippen molar-refractivity contribution in [3.63, 3.8) is 0 Å². The Bertz CT molecular complexity index is 1090. The van der Waals surface area contributed by atoms with Crippen molar-refractivity contribution in [3.05, 3.63) is 95.1 Å². The van der Waals surface area contributed by atoms with Crippen LogP contribution in [0.4, 0.5) is 0 Å². The first-order valence-corrected chi connectivity index (χ1v) is 15.3. The first-order chi connectivity index (χ1) is 19.7. The minimum absolute atomic E-state index is 0.346. The van der Waals surface area contributed by atoms with Crippen LogP contribution in [-0.4, -0.2) is 57.7 Å². The van der Waals surface area contributed by atoms with E-state index in [2.05, 4.69) is 67.1 Å². The number of hydrogen-bond acceptors (Lipinski definition) is 4. The lowest BCUT2D eigenvalue weighted by Gasteiger charge is -2.25. The molecule has 0 bridgehead atoms. The van der Waals surface area contributed by atoms with Crippen LogP contribution < -0.4 is 0 Å². The van der Waals surface area contributed by atoms with Crippen LogP contribution in [0.2, 0.25) is 5.02 Å². The van der Waals surface area contributed by atoms with Crippen molar-refractivity contribution in [3.8, 4) is 0 Å². The summed E-state index contributed by atoms with van der Waals surface area (Å²) >= 11 is 6.36.